The average molecular weight is 350 g/mol. The van der Waals surface area contributed by atoms with Crippen LogP contribution in [-0.4, -0.2) is 33.6 Å². The second kappa shape index (κ2) is 8.68. The van der Waals surface area contributed by atoms with E-state index >= 15 is 0 Å². The van der Waals surface area contributed by atoms with Crippen LogP contribution in [0.4, 0.5) is 4.79 Å². The minimum absolute atomic E-state index is 0.0222. The number of amides is 1. The summed E-state index contributed by atoms with van der Waals surface area (Å²) in [5.41, 5.74) is 3.14. The molecule has 1 atom stereocenters. The third kappa shape index (κ3) is 4.52. The Morgan fingerprint density at radius 2 is 1.54 bits per heavy atom. The Morgan fingerprint density at radius 1 is 1.00 bits per heavy atom. The summed E-state index contributed by atoms with van der Waals surface area (Å²) < 4.78 is 0. The highest BCUT2D eigenvalue weighted by Crippen LogP contribution is 2.27. The second-order valence-corrected chi connectivity index (χ2v) is 6.81. The third-order valence-electron chi connectivity index (χ3n) is 4.97. The third-order valence-corrected chi connectivity index (χ3v) is 4.97. The zero-order chi connectivity index (χ0) is 18.4. The van der Waals surface area contributed by atoms with E-state index in [0.717, 1.165) is 32.4 Å². The SMILES string of the molecule is C=C1[C@H](N(Cc2ccccc2)Cc2ccccc2)CCCCN1C(=O)O. The van der Waals surface area contributed by atoms with Gasteiger partial charge in [-0.15, -0.1) is 0 Å². The van der Waals surface area contributed by atoms with E-state index in [9.17, 15) is 9.90 Å². The Hall–Kier alpha value is -2.59. The van der Waals surface area contributed by atoms with Crippen molar-refractivity contribution in [1.29, 1.82) is 0 Å². The topological polar surface area (TPSA) is 43.8 Å². The van der Waals surface area contributed by atoms with Gasteiger partial charge in [0.2, 0.25) is 0 Å². The van der Waals surface area contributed by atoms with Gasteiger partial charge in [-0.05, 0) is 30.4 Å². The molecule has 0 bridgehead atoms. The van der Waals surface area contributed by atoms with Crippen LogP contribution in [0, 0.1) is 0 Å². The van der Waals surface area contributed by atoms with Crippen LogP contribution in [0.5, 0.6) is 0 Å². The van der Waals surface area contributed by atoms with Gasteiger partial charge in [-0.3, -0.25) is 9.80 Å². The molecule has 136 valence electrons. The molecule has 0 spiro atoms. The first-order valence-corrected chi connectivity index (χ1v) is 9.16. The predicted octanol–water partition coefficient (Wildman–Crippen LogP) is 4.74. The maximum absolute atomic E-state index is 11.6. The van der Waals surface area contributed by atoms with Crippen molar-refractivity contribution in [3.05, 3.63) is 84.1 Å². The van der Waals surface area contributed by atoms with Crippen molar-refractivity contribution in [2.24, 2.45) is 0 Å². The average Bonchev–Trinajstić information content (AvgIpc) is 2.84. The fourth-order valence-corrected chi connectivity index (χ4v) is 3.62. The lowest BCUT2D eigenvalue weighted by molar-refractivity contribution is 0.140. The first kappa shape index (κ1) is 18.2. The van der Waals surface area contributed by atoms with Crippen LogP contribution in [0.3, 0.4) is 0 Å². The van der Waals surface area contributed by atoms with Crippen molar-refractivity contribution in [2.75, 3.05) is 6.54 Å². The lowest BCUT2D eigenvalue weighted by atomic mass is 10.0. The minimum atomic E-state index is -0.902. The van der Waals surface area contributed by atoms with Crippen molar-refractivity contribution in [1.82, 2.24) is 9.80 Å². The molecule has 1 saturated heterocycles. The van der Waals surface area contributed by atoms with Gasteiger partial charge in [0.05, 0.1) is 6.04 Å². The Bertz CT molecular complexity index is 689. The van der Waals surface area contributed by atoms with Crippen LogP contribution in [0.1, 0.15) is 30.4 Å². The molecule has 4 nitrogen and oxygen atoms in total. The lowest BCUT2D eigenvalue weighted by Gasteiger charge is -2.35. The van der Waals surface area contributed by atoms with E-state index in [4.69, 9.17) is 0 Å². The van der Waals surface area contributed by atoms with Crippen LogP contribution >= 0.6 is 0 Å². The number of likely N-dealkylation sites (tertiary alicyclic amines) is 1. The monoisotopic (exact) mass is 350 g/mol. The van der Waals surface area contributed by atoms with E-state index in [1.54, 1.807) is 0 Å². The molecule has 3 rings (SSSR count). The number of benzene rings is 2. The molecule has 1 fully saturated rings. The largest absolute Gasteiger partial charge is 0.465 e. The number of hydrogen-bond acceptors (Lipinski definition) is 2. The van der Waals surface area contributed by atoms with Gasteiger partial charge >= 0.3 is 6.09 Å². The smallest absolute Gasteiger partial charge is 0.411 e. The summed E-state index contributed by atoms with van der Waals surface area (Å²) in [6, 6.07) is 20.7. The molecule has 0 radical (unpaired) electrons. The van der Waals surface area contributed by atoms with E-state index in [-0.39, 0.29) is 6.04 Å². The molecule has 1 amide bonds. The van der Waals surface area contributed by atoms with E-state index in [1.807, 2.05) is 36.4 Å². The number of hydrogen-bond donors (Lipinski definition) is 1. The number of nitrogens with zero attached hydrogens (tertiary/aromatic N) is 2. The second-order valence-electron chi connectivity index (χ2n) is 6.81. The highest BCUT2D eigenvalue weighted by atomic mass is 16.4. The standard InChI is InChI=1S/C22H26N2O2/c1-18-21(14-8-9-15-24(18)22(25)26)23(16-19-10-4-2-5-11-19)17-20-12-6-3-7-13-20/h2-7,10-13,21H,1,8-9,14-17H2,(H,25,26)/t21-/m1/s1. The van der Waals surface area contributed by atoms with Crippen LogP contribution in [0.2, 0.25) is 0 Å². The Balaban J connectivity index is 1.87. The van der Waals surface area contributed by atoms with Gasteiger partial charge in [0.1, 0.15) is 0 Å². The van der Waals surface area contributed by atoms with Gasteiger partial charge in [-0.1, -0.05) is 67.2 Å². The maximum atomic E-state index is 11.6. The number of rotatable bonds is 5. The molecule has 0 aliphatic carbocycles. The quantitative estimate of drug-likeness (QED) is 0.847. The fraction of sp³-hybridized carbons (Fsp3) is 0.318. The van der Waals surface area contributed by atoms with E-state index in [0.29, 0.717) is 12.2 Å². The van der Waals surface area contributed by atoms with E-state index < -0.39 is 6.09 Å². The molecule has 1 aliphatic rings. The fourth-order valence-electron chi connectivity index (χ4n) is 3.62. The van der Waals surface area contributed by atoms with Gasteiger partial charge in [0, 0.05) is 25.3 Å². The highest BCUT2D eigenvalue weighted by Gasteiger charge is 2.30. The summed E-state index contributed by atoms with van der Waals surface area (Å²) in [6.07, 6.45) is 1.92. The molecule has 2 aromatic rings. The first-order chi connectivity index (χ1) is 12.6. The molecular weight excluding hydrogens is 324 g/mol. The van der Waals surface area contributed by atoms with Crippen LogP contribution in [0.25, 0.3) is 0 Å². The molecule has 1 aliphatic heterocycles. The van der Waals surface area contributed by atoms with Crippen molar-refractivity contribution < 1.29 is 9.90 Å². The zero-order valence-electron chi connectivity index (χ0n) is 15.1. The summed E-state index contributed by atoms with van der Waals surface area (Å²) in [7, 11) is 0. The predicted molar refractivity (Wildman–Crippen MR) is 104 cm³/mol. The Kier molecular flexibility index (Phi) is 6.08. The molecule has 1 N–H and O–H groups in total. The first-order valence-electron chi connectivity index (χ1n) is 9.16. The highest BCUT2D eigenvalue weighted by molar-refractivity contribution is 5.67. The van der Waals surface area contributed by atoms with Crippen molar-refractivity contribution >= 4 is 6.09 Å². The molecule has 0 saturated carbocycles. The summed E-state index contributed by atoms with van der Waals surface area (Å²) in [5, 5.41) is 9.56. The summed E-state index contributed by atoms with van der Waals surface area (Å²) in [5.74, 6) is 0. The van der Waals surface area contributed by atoms with E-state index in [2.05, 4.69) is 35.7 Å². The molecule has 26 heavy (non-hydrogen) atoms. The molecule has 0 unspecified atom stereocenters. The van der Waals surface area contributed by atoms with Gasteiger partial charge < -0.3 is 5.11 Å². The van der Waals surface area contributed by atoms with Crippen LogP contribution in [-0.2, 0) is 13.1 Å². The Labute approximate surface area is 155 Å². The summed E-state index contributed by atoms with van der Waals surface area (Å²) >= 11 is 0. The van der Waals surface area contributed by atoms with Crippen molar-refractivity contribution in [2.45, 2.75) is 38.4 Å². The van der Waals surface area contributed by atoms with Crippen molar-refractivity contribution in [3.63, 3.8) is 0 Å². The summed E-state index contributed by atoms with van der Waals surface area (Å²) in [6.45, 7) is 6.24. The molecule has 2 aromatic carbocycles. The van der Waals surface area contributed by atoms with Crippen molar-refractivity contribution in [3.8, 4) is 0 Å². The molecular formula is C22H26N2O2. The number of carboxylic acid groups (broad SMARTS) is 1. The molecule has 4 heteroatoms. The van der Waals surface area contributed by atoms with Gasteiger partial charge in [-0.2, -0.15) is 0 Å². The normalized spacial score (nSPS) is 18.0. The van der Waals surface area contributed by atoms with E-state index in [1.165, 1.54) is 16.0 Å². The minimum Gasteiger partial charge on any atom is -0.465 e. The zero-order valence-corrected chi connectivity index (χ0v) is 15.1. The van der Waals surface area contributed by atoms with Crippen LogP contribution in [0.15, 0.2) is 72.9 Å². The van der Waals surface area contributed by atoms with Gasteiger partial charge in [0.25, 0.3) is 0 Å². The van der Waals surface area contributed by atoms with Gasteiger partial charge in [0.15, 0.2) is 0 Å². The molecule has 0 aromatic heterocycles. The lowest BCUT2D eigenvalue weighted by Crippen LogP contribution is -2.41. The van der Waals surface area contributed by atoms with Crippen LogP contribution < -0.4 is 0 Å². The van der Waals surface area contributed by atoms with Gasteiger partial charge in [-0.25, -0.2) is 4.79 Å². The summed E-state index contributed by atoms with van der Waals surface area (Å²) in [4.78, 5) is 15.4. The molecule has 1 heterocycles. The number of carbonyl (C=O) groups is 1. The Morgan fingerprint density at radius 3 is 2.04 bits per heavy atom. The maximum Gasteiger partial charge on any atom is 0.411 e.